The molecule has 1 nitrogen and oxygen atoms in total. The molecule has 0 aromatic carbocycles. The first-order valence-corrected chi connectivity index (χ1v) is 3.46. The van der Waals surface area contributed by atoms with Crippen molar-refractivity contribution in [1.82, 2.24) is 0 Å². The zero-order valence-electron chi connectivity index (χ0n) is 5.86. The zero-order chi connectivity index (χ0) is 6.78. The molecule has 3 radical (unpaired) electrons. The summed E-state index contributed by atoms with van der Waals surface area (Å²) in [6.45, 7) is 6.29. The van der Waals surface area contributed by atoms with Gasteiger partial charge in [0.2, 0.25) is 0 Å². The van der Waals surface area contributed by atoms with Crippen LogP contribution in [0.25, 0.3) is 0 Å². The van der Waals surface area contributed by atoms with Crippen LogP contribution in [0.3, 0.4) is 0 Å². The summed E-state index contributed by atoms with van der Waals surface area (Å²) in [6.07, 6.45) is 1.02. The molecule has 0 saturated carbocycles. The standard InChI is InChI=1S/C6H14NSi/c1-5(2)4-6(3,7)8/h5H,4,7H2,1-3H3. The molecule has 0 aromatic rings. The minimum atomic E-state index is -0.172. The molecule has 8 heavy (non-hydrogen) atoms. The van der Waals surface area contributed by atoms with E-state index in [1.165, 1.54) is 0 Å². The predicted molar refractivity (Wildman–Crippen MR) is 37.8 cm³/mol. The Morgan fingerprint density at radius 3 is 2.00 bits per heavy atom. The van der Waals surface area contributed by atoms with Gasteiger partial charge in [0.25, 0.3) is 0 Å². The van der Waals surface area contributed by atoms with Crippen molar-refractivity contribution >= 4 is 10.2 Å². The first-order chi connectivity index (χ1) is 3.42. The quantitative estimate of drug-likeness (QED) is 0.549. The minimum absolute atomic E-state index is 0.172. The van der Waals surface area contributed by atoms with E-state index in [0.717, 1.165) is 6.42 Å². The summed E-state index contributed by atoms with van der Waals surface area (Å²) in [4.78, 5) is 0. The van der Waals surface area contributed by atoms with Crippen LogP contribution >= 0.6 is 0 Å². The maximum absolute atomic E-state index is 5.65. The van der Waals surface area contributed by atoms with Gasteiger partial charge in [-0.15, -0.1) is 0 Å². The Morgan fingerprint density at radius 2 is 2.00 bits per heavy atom. The van der Waals surface area contributed by atoms with Gasteiger partial charge in [-0.1, -0.05) is 20.8 Å². The summed E-state index contributed by atoms with van der Waals surface area (Å²) in [5, 5.41) is -0.172. The van der Waals surface area contributed by atoms with Crippen molar-refractivity contribution in [3.63, 3.8) is 0 Å². The van der Waals surface area contributed by atoms with Gasteiger partial charge in [-0.2, -0.15) is 0 Å². The lowest BCUT2D eigenvalue weighted by molar-refractivity contribution is 0.479. The SMILES string of the molecule is CC(C)CC(C)(N)[Si]. The molecule has 0 rings (SSSR count). The highest BCUT2D eigenvalue weighted by Crippen LogP contribution is 2.08. The Kier molecular flexibility index (Phi) is 2.70. The molecule has 0 aliphatic rings. The first-order valence-electron chi connectivity index (χ1n) is 2.96. The summed E-state index contributed by atoms with van der Waals surface area (Å²) in [5.74, 6) is 0.669. The van der Waals surface area contributed by atoms with E-state index < -0.39 is 0 Å². The van der Waals surface area contributed by atoms with E-state index in [4.69, 9.17) is 5.73 Å². The second-order valence-corrected chi connectivity index (χ2v) is 4.16. The fraction of sp³-hybridized carbons (Fsp3) is 1.00. The molecule has 1 atom stereocenters. The second kappa shape index (κ2) is 2.64. The Labute approximate surface area is 55.1 Å². The van der Waals surface area contributed by atoms with Crippen LogP contribution < -0.4 is 5.73 Å². The van der Waals surface area contributed by atoms with E-state index in [9.17, 15) is 0 Å². The Balaban J connectivity index is 3.39. The molecule has 0 spiro atoms. The van der Waals surface area contributed by atoms with E-state index in [-0.39, 0.29) is 5.16 Å². The van der Waals surface area contributed by atoms with Gasteiger partial charge in [0, 0.05) is 0 Å². The van der Waals surface area contributed by atoms with Gasteiger partial charge in [0.15, 0.2) is 0 Å². The van der Waals surface area contributed by atoms with Crippen LogP contribution in [0.2, 0.25) is 0 Å². The van der Waals surface area contributed by atoms with Gasteiger partial charge in [-0.05, 0) is 17.5 Å². The lowest BCUT2D eigenvalue weighted by atomic mass is 10.1. The molecule has 2 N–H and O–H groups in total. The van der Waals surface area contributed by atoms with Crippen LogP contribution in [0.15, 0.2) is 0 Å². The lowest BCUT2D eigenvalue weighted by Gasteiger charge is -2.19. The smallest absolute Gasteiger partial charge is 0.0517 e. The summed E-state index contributed by atoms with van der Waals surface area (Å²) < 4.78 is 0. The van der Waals surface area contributed by atoms with E-state index in [2.05, 4.69) is 24.1 Å². The zero-order valence-corrected chi connectivity index (χ0v) is 6.86. The topological polar surface area (TPSA) is 26.0 Å². The molecule has 0 saturated heterocycles. The van der Waals surface area contributed by atoms with Crippen molar-refractivity contribution in [2.75, 3.05) is 0 Å². The normalized spacial score (nSPS) is 18.8. The summed E-state index contributed by atoms with van der Waals surface area (Å²) in [6, 6.07) is 0. The summed E-state index contributed by atoms with van der Waals surface area (Å²) in [7, 11) is 3.40. The van der Waals surface area contributed by atoms with Crippen LogP contribution in [0.4, 0.5) is 0 Å². The number of hydrogen-bond acceptors (Lipinski definition) is 1. The Morgan fingerprint density at radius 1 is 1.62 bits per heavy atom. The van der Waals surface area contributed by atoms with Gasteiger partial charge in [-0.25, -0.2) is 0 Å². The van der Waals surface area contributed by atoms with Crippen molar-refractivity contribution in [3.8, 4) is 0 Å². The summed E-state index contributed by atoms with van der Waals surface area (Å²) >= 11 is 0. The van der Waals surface area contributed by atoms with Crippen LogP contribution in [0, 0.1) is 5.92 Å². The van der Waals surface area contributed by atoms with Gasteiger partial charge in [-0.3, -0.25) is 0 Å². The van der Waals surface area contributed by atoms with Crippen LogP contribution in [-0.2, 0) is 0 Å². The third kappa shape index (κ3) is 6.18. The highest BCUT2D eigenvalue weighted by atomic mass is 28.1. The van der Waals surface area contributed by atoms with Crippen LogP contribution in [0.5, 0.6) is 0 Å². The maximum Gasteiger partial charge on any atom is 0.0517 e. The highest BCUT2D eigenvalue weighted by Gasteiger charge is 2.11. The molecule has 0 aliphatic heterocycles. The average Bonchev–Trinajstić information content (AvgIpc) is 1.21. The number of nitrogens with two attached hydrogens (primary N) is 1. The van der Waals surface area contributed by atoms with Crippen molar-refractivity contribution in [3.05, 3.63) is 0 Å². The van der Waals surface area contributed by atoms with E-state index in [0.29, 0.717) is 5.92 Å². The fourth-order valence-corrected chi connectivity index (χ4v) is 1.26. The molecule has 0 amide bonds. The molecule has 0 aliphatic carbocycles. The minimum Gasteiger partial charge on any atom is -0.329 e. The maximum atomic E-state index is 5.65. The number of hydrogen-bond donors (Lipinski definition) is 1. The second-order valence-electron chi connectivity index (χ2n) is 3.02. The van der Waals surface area contributed by atoms with Crippen molar-refractivity contribution in [2.24, 2.45) is 11.7 Å². The third-order valence-electron chi connectivity index (χ3n) is 0.832. The molecule has 0 fully saturated rings. The van der Waals surface area contributed by atoms with Crippen LogP contribution in [0.1, 0.15) is 27.2 Å². The van der Waals surface area contributed by atoms with Gasteiger partial charge in [0.05, 0.1) is 10.2 Å². The third-order valence-corrected chi connectivity index (χ3v) is 1.04. The summed E-state index contributed by atoms with van der Waals surface area (Å²) in [5.41, 5.74) is 5.65. The Hall–Kier alpha value is 0.177. The average molecular weight is 128 g/mol. The molecular formula is C6H14NSi. The van der Waals surface area contributed by atoms with E-state index in [1.807, 2.05) is 6.92 Å². The molecule has 47 valence electrons. The molecule has 2 heteroatoms. The van der Waals surface area contributed by atoms with Gasteiger partial charge >= 0.3 is 0 Å². The van der Waals surface area contributed by atoms with Gasteiger partial charge in [0.1, 0.15) is 0 Å². The highest BCUT2D eigenvalue weighted by molar-refractivity contribution is 6.14. The molecule has 0 aromatic heterocycles. The first kappa shape index (κ1) is 8.18. The van der Waals surface area contributed by atoms with Crippen molar-refractivity contribution in [1.29, 1.82) is 0 Å². The molecule has 0 heterocycles. The van der Waals surface area contributed by atoms with Crippen LogP contribution in [-0.4, -0.2) is 15.4 Å². The monoisotopic (exact) mass is 128 g/mol. The van der Waals surface area contributed by atoms with Crippen molar-refractivity contribution < 1.29 is 0 Å². The molecular weight excluding hydrogens is 114 g/mol. The predicted octanol–water partition coefficient (Wildman–Crippen LogP) is 0.876. The fourth-order valence-electron chi connectivity index (χ4n) is 0.848. The Bertz CT molecular complexity index is 63.4. The van der Waals surface area contributed by atoms with E-state index >= 15 is 0 Å². The van der Waals surface area contributed by atoms with E-state index in [1.54, 1.807) is 0 Å². The van der Waals surface area contributed by atoms with Gasteiger partial charge < -0.3 is 5.73 Å². The molecule has 0 bridgehead atoms. The molecule has 1 unspecified atom stereocenters. The van der Waals surface area contributed by atoms with Crippen molar-refractivity contribution in [2.45, 2.75) is 32.4 Å². The lowest BCUT2D eigenvalue weighted by Crippen LogP contribution is -2.37. The largest absolute Gasteiger partial charge is 0.329 e. The number of rotatable bonds is 2.